The minimum atomic E-state index is -0.855. The Hall–Kier alpha value is -2.28. The van der Waals surface area contributed by atoms with E-state index in [-0.39, 0.29) is 6.04 Å². The van der Waals surface area contributed by atoms with Crippen molar-refractivity contribution >= 4 is 11.9 Å². The molecule has 116 valence electrons. The lowest BCUT2D eigenvalue weighted by Crippen LogP contribution is -2.44. The number of benzene rings is 1. The van der Waals surface area contributed by atoms with Crippen molar-refractivity contribution in [1.29, 1.82) is 0 Å². The van der Waals surface area contributed by atoms with Crippen molar-refractivity contribution in [3.63, 3.8) is 0 Å². The van der Waals surface area contributed by atoms with E-state index in [1.165, 1.54) is 14.2 Å². The summed E-state index contributed by atoms with van der Waals surface area (Å²) in [4.78, 5) is 22.9. The largest absolute Gasteiger partial charge is 0.497 e. The fourth-order valence-electron chi connectivity index (χ4n) is 1.64. The number of nitrogens with two attached hydrogens (primary N) is 1. The minimum Gasteiger partial charge on any atom is -0.497 e. The van der Waals surface area contributed by atoms with Gasteiger partial charge in [0.1, 0.15) is 11.5 Å². The van der Waals surface area contributed by atoms with Crippen molar-refractivity contribution in [1.82, 2.24) is 10.6 Å². The van der Waals surface area contributed by atoms with Crippen LogP contribution in [-0.4, -0.2) is 32.2 Å². The zero-order valence-corrected chi connectivity index (χ0v) is 12.6. The normalized spacial score (nSPS) is 13.0. The van der Waals surface area contributed by atoms with Crippen molar-refractivity contribution in [2.45, 2.75) is 26.0 Å². The fraction of sp³-hybridized carbons (Fsp3) is 0.429. The summed E-state index contributed by atoms with van der Waals surface area (Å²) in [6.45, 7) is 3.35. The van der Waals surface area contributed by atoms with Gasteiger partial charge in [-0.2, -0.15) is 0 Å². The van der Waals surface area contributed by atoms with Crippen LogP contribution in [0.4, 0.5) is 4.79 Å². The number of carbonyl (C=O) groups excluding carboxylic acids is 2. The summed E-state index contributed by atoms with van der Waals surface area (Å²) in [5, 5.41) is 4.45. The molecule has 0 aromatic heterocycles. The van der Waals surface area contributed by atoms with Gasteiger partial charge in [0.25, 0.3) is 5.91 Å². The molecular weight excluding hydrogens is 274 g/mol. The van der Waals surface area contributed by atoms with Gasteiger partial charge in [-0.25, -0.2) is 4.79 Å². The lowest BCUT2D eigenvalue weighted by Gasteiger charge is -2.19. The molecule has 0 bridgehead atoms. The molecule has 0 saturated heterocycles. The van der Waals surface area contributed by atoms with Gasteiger partial charge in [-0.15, -0.1) is 0 Å². The Morgan fingerprint density at radius 1 is 1.29 bits per heavy atom. The maximum atomic E-state index is 11.8. The molecular formula is C14H21N3O4. The summed E-state index contributed by atoms with van der Waals surface area (Å²) < 4.78 is 10.7. The molecule has 0 aliphatic heterocycles. The Kier molecular flexibility index (Phi) is 5.98. The second kappa shape index (κ2) is 7.49. The Morgan fingerprint density at radius 2 is 1.95 bits per heavy atom. The quantitative estimate of drug-likeness (QED) is 0.750. The first-order valence-corrected chi connectivity index (χ1v) is 6.51. The highest BCUT2D eigenvalue weighted by Gasteiger charge is 2.19. The predicted octanol–water partition coefficient (Wildman–Crippen LogP) is 0.938. The van der Waals surface area contributed by atoms with Gasteiger partial charge in [-0.05, 0) is 19.9 Å². The summed E-state index contributed by atoms with van der Waals surface area (Å²) in [5.41, 5.74) is 6.62. The molecule has 0 aliphatic carbocycles. The first kappa shape index (κ1) is 16.8. The highest BCUT2D eigenvalue weighted by molar-refractivity contribution is 5.96. The zero-order valence-electron chi connectivity index (χ0n) is 12.6. The molecule has 3 amide bonds. The van der Waals surface area contributed by atoms with E-state index < -0.39 is 18.0 Å². The van der Waals surface area contributed by atoms with Crippen molar-refractivity contribution in [2.75, 3.05) is 14.2 Å². The van der Waals surface area contributed by atoms with E-state index in [1.54, 1.807) is 25.1 Å². The molecule has 0 heterocycles. The fourth-order valence-corrected chi connectivity index (χ4v) is 1.64. The third-order valence-corrected chi connectivity index (χ3v) is 2.85. The Bertz CT molecular complexity index is 517. The topological polar surface area (TPSA) is 103 Å². The van der Waals surface area contributed by atoms with Gasteiger partial charge in [0, 0.05) is 24.7 Å². The molecule has 7 nitrogen and oxygen atoms in total. The van der Waals surface area contributed by atoms with Gasteiger partial charge in [0.2, 0.25) is 0 Å². The van der Waals surface area contributed by atoms with Gasteiger partial charge in [-0.3, -0.25) is 10.1 Å². The third kappa shape index (κ3) is 4.64. The van der Waals surface area contributed by atoms with Crippen LogP contribution < -0.4 is 25.8 Å². The molecule has 1 aromatic carbocycles. The molecule has 0 fully saturated rings. The van der Waals surface area contributed by atoms with E-state index in [0.717, 1.165) is 5.56 Å². The van der Waals surface area contributed by atoms with Crippen LogP contribution in [0.1, 0.15) is 25.5 Å². The van der Waals surface area contributed by atoms with Crippen molar-refractivity contribution in [2.24, 2.45) is 5.73 Å². The number of ether oxygens (including phenoxy) is 2. The first-order chi connectivity index (χ1) is 9.88. The molecule has 4 N–H and O–H groups in total. The Morgan fingerprint density at radius 3 is 2.48 bits per heavy atom. The third-order valence-electron chi connectivity index (χ3n) is 2.85. The summed E-state index contributed by atoms with van der Waals surface area (Å²) in [5.74, 6) is 0.491. The van der Waals surface area contributed by atoms with Crippen LogP contribution in [0.25, 0.3) is 0 Å². The smallest absolute Gasteiger partial charge is 0.321 e. The van der Waals surface area contributed by atoms with E-state index in [0.29, 0.717) is 11.5 Å². The molecule has 1 rings (SSSR count). The number of carbonyl (C=O) groups is 2. The van der Waals surface area contributed by atoms with Crippen LogP contribution >= 0.6 is 0 Å². The molecule has 0 radical (unpaired) electrons. The molecule has 1 unspecified atom stereocenters. The number of amides is 3. The van der Waals surface area contributed by atoms with Gasteiger partial charge in [0.05, 0.1) is 7.11 Å². The van der Waals surface area contributed by atoms with Crippen LogP contribution in [0.2, 0.25) is 0 Å². The number of rotatable bonds is 5. The van der Waals surface area contributed by atoms with Gasteiger partial charge in [-0.1, -0.05) is 6.07 Å². The molecule has 2 atom stereocenters. The van der Waals surface area contributed by atoms with E-state index in [9.17, 15) is 9.59 Å². The maximum Gasteiger partial charge on any atom is 0.321 e. The summed E-state index contributed by atoms with van der Waals surface area (Å²) >= 11 is 0. The van der Waals surface area contributed by atoms with Gasteiger partial charge < -0.3 is 20.5 Å². The van der Waals surface area contributed by atoms with Crippen LogP contribution in [-0.2, 0) is 4.79 Å². The van der Waals surface area contributed by atoms with Crippen LogP contribution in [0.3, 0.4) is 0 Å². The minimum absolute atomic E-state index is 0.264. The van der Waals surface area contributed by atoms with Crippen molar-refractivity contribution < 1.29 is 19.1 Å². The van der Waals surface area contributed by atoms with Crippen molar-refractivity contribution in [3.8, 4) is 11.5 Å². The molecule has 0 aliphatic rings. The average Bonchev–Trinajstić information content (AvgIpc) is 2.46. The second-order valence-electron chi connectivity index (χ2n) is 4.52. The summed E-state index contributed by atoms with van der Waals surface area (Å²) in [6.07, 6.45) is -0.855. The van der Waals surface area contributed by atoms with Crippen LogP contribution in [0.15, 0.2) is 18.2 Å². The first-order valence-electron chi connectivity index (χ1n) is 6.51. The highest BCUT2D eigenvalue weighted by atomic mass is 16.5. The Balaban J connectivity index is 2.89. The van der Waals surface area contributed by atoms with Crippen LogP contribution in [0, 0.1) is 0 Å². The van der Waals surface area contributed by atoms with Crippen molar-refractivity contribution in [3.05, 3.63) is 23.8 Å². The van der Waals surface area contributed by atoms with Crippen LogP contribution in [0.5, 0.6) is 11.5 Å². The lowest BCUT2D eigenvalue weighted by molar-refractivity contribution is -0.126. The number of methoxy groups -OCH3 is 1. The van der Waals surface area contributed by atoms with E-state index in [1.807, 2.05) is 6.92 Å². The van der Waals surface area contributed by atoms with E-state index in [4.69, 9.17) is 15.2 Å². The molecule has 0 spiro atoms. The maximum absolute atomic E-state index is 11.8. The number of urea groups is 1. The molecule has 7 heteroatoms. The number of hydrogen-bond donors (Lipinski definition) is 3. The number of nitrogens with one attached hydrogen (secondary N) is 2. The monoisotopic (exact) mass is 295 g/mol. The zero-order chi connectivity index (χ0) is 16.0. The lowest BCUT2D eigenvalue weighted by atomic mass is 10.1. The SMILES string of the molecule is CNC(=O)NC(=O)C(C)Oc1cc(OC)ccc1[C@H](C)N. The van der Waals surface area contributed by atoms with Gasteiger partial charge >= 0.3 is 6.03 Å². The Labute approximate surface area is 123 Å². The molecule has 0 saturated carbocycles. The highest BCUT2D eigenvalue weighted by Crippen LogP contribution is 2.29. The second-order valence-corrected chi connectivity index (χ2v) is 4.52. The van der Waals surface area contributed by atoms with E-state index >= 15 is 0 Å². The number of hydrogen-bond acceptors (Lipinski definition) is 5. The molecule has 21 heavy (non-hydrogen) atoms. The average molecular weight is 295 g/mol. The van der Waals surface area contributed by atoms with Gasteiger partial charge in [0.15, 0.2) is 6.10 Å². The standard InChI is InChI=1S/C14H21N3O4/c1-8(15)11-6-5-10(20-4)7-12(11)21-9(2)13(18)17-14(19)16-3/h5-9H,15H2,1-4H3,(H2,16,17,18,19)/t8-,9?/m0/s1. The van der Waals surface area contributed by atoms with E-state index in [2.05, 4.69) is 10.6 Å². The molecule has 1 aromatic rings. The summed E-state index contributed by atoms with van der Waals surface area (Å²) in [6, 6.07) is 4.35. The number of imide groups is 1. The predicted molar refractivity (Wildman–Crippen MR) is 78.3 cm³/mol. The summed E-state index contributed by atoms with van der Waals surface area (Å²) in [7, 11) is 2.96.